The molecular weight excluding hydrogens is 260 g/mol. The van der Waals surface area contributed by atoms with Crippen LogP contribution < -0.4 is 0 Å². The van der Waals surface area contributed by atoms with Crippen molar-refractivity contribution in [2.45, 2.75) is 73.4 Å². The van der Waals surface area contributed by atoms with Crippen molar-refractivity contribution < 1.29 is 4.79 Å². The molecule has 3 nitrogen and oxygen atoms in total. The van der Waals surface area contributed by atoms with Gasteiger partial charge in [-0.1, -0.05) is 19.8 Å². The lowest BCUT2D eigenvalue weighted by Gasteiger charge is -2.25. The minimum Gasteiger partial charge on any atom is -0.349 e. The van der Waals surface area contributed by atoms with Gasteiger partial charge in [-0.05, 0) is 53.7 Å². The number of carbonyl (C=O) groups excluding carboxylic acids is 1. The summed E-state index contributed by atoms with van der Waals surface area (Å²) in [5, 5.41) is 0. The summed E-state index contributed by atoms with van der Waals surface area (Å²) < 4.78 is 2.21. The van der Waals surface area contributed by atoms with Gasteiger partial charge in [-0.2, -0.15) is 0 Å². The molecule has 3 heteroatoms. The highest BCUT2D eigenvalue weighted by atomic mass is 16.1. The zero-order chi connectivity index (χ0) is 16.0. The molecule has 0 aliphatic heterocycles. The molecule has 1 rings (SSSR count). The summed E-state index contributed by atoms with van der Waals surface area (Å²) in [7, 11) is 0. The number of ketones is 1. The number of carbonyl (C=O) groups is 1. The first-order valence-electron chi connectivity index (χ1n) is 8.36. The number of unbranched alkanes of at least 4 members (excludes halogenated alkanes) is 2. The van der Waals surface area contributed by atoms with Crippen LogP contribution in [-0.2, 0) is 6.54 Å². The fraction of sp³-hybridized carbons (Fsp3) is 0.722. The van der Waals surface area contributed by atoms with E-state index in [1.807, 2.05) is 6.07 Å². The van der Waals surface area contributed by atoms with Crippen LogP contribution in [0.2, 0.25) is 0 Å². The van der Waals surface area contributed by atoms with Crippen LogP contribution in [0.25, 0.3) is 0 Å². The molecule has 0 amide bonds. The number of Topliss-reactive ketones (excluding diaryl/α,β-unsaturated/α-hetero) is 1. The number of rotatable bonds is 9. The minimum absolute atomic E-state index is 0.257. The summed E-state index contributed by atoms with van der Waals surface area (Å²) in [6.45, 7) is 15.3. The molecule has 120 valence electrons. The van der Waals surface area contributed by atoms with E-state index in [2.05, 4.69) is 51.0 Å². The smallest absolute Gasteiger partial charge is 0.178 e. The molecule has 0 aliphatic rings. The lowest BCUT2D eigenvalue weighted by molar-refractivity contribution is 0.0903. The van der Waals surface area contributed by atoms with E-state index in [4.69, 9.17) is 0 Å². The van der Waals surface area contributed by atoms with Gasteiger partial charge < -0.3 is 4.57 Å². The molecule has 0 aromatic carbocycles. The molecule has 1 heterocycles. The van der Waals surface area contributed by atoms with E-state index in [1.54, 1.807) is 0 Å². The number of aryl methyl sites for hydroxylation is 1. The van der Waals surface area contributed by atoms with Gasteiger partial charge in [0.1, 0.15) is 0 Å². The van der Waals surface area contributed by atoms with Gasteiger partial charge in [0.15, 0.2) is 5.78 Å². The van der Waals surface area contributed by atoms with Crippen LogP contribution >= 0.6 is 0 Å². The van der Waals surface area contributed by atoms with E-state index < -0.39 is 0 Å². The second-order valence-electron chi connectivity index (χ2n) is 6.22. The summed E-state index contributed by atoms with van der Waals surface area (Å²) in [6, 6.07) is 2.46. The number of nitrogens with zero attached hydrogens (tertiary/aromatic N) is 2. The summed E-state index contributed by atoms with van der Waals surface area (Å²) in [5.41, 5.74) is 3.19. The molecule has 0 saturated heterocycles. The Morgan fingerprint density at radius 1 is 1.24 bits per heavy atom. The van der Waals surface area contributed by atoms with E-state index in [-0.39, 0.29) is 5.78 Å². The molecule has 1 aromatic heterocycles. The van der Waals surface area contributed by atoms with Gasteiger partial charge in [-0.3, -0.25) is 9.69 Å². The van der Waals surface area contributed by atoms with Gasteiger partial charge in [0.05, 0.1) is 6.54 Å². The van der Waals surface area contributed by atoms with Crippen LogP contribution in [-0.4, -0.2) is 34.4 Å². The molecule has 1 aromatic rings. The second-order valence-corrected chi connectivity index (χ2v) is 6.22. The predicted octanol–water partition coefficient (Wildman–Crippen LogP) is 4.21. The molecule has 0 fully saturated rings. The Balaban J connectivity index is 2.77. The molecule has 0 unspecified atom stereocenters. The zero-order valence-corrected chi connectivity index (χ0v) is 14.7. The van der Waals surface area contributed by atoms with Crippen molar-refractivity contribution in [3.05, 3.63) is 23.0 Å². The van der Waals surface area contributed by atoms with E-state index >= 15 is 0 Å². The third-order valence-corrected chi connectivity index (χ3v) is 4.32. The van der Waals surface area contributed by atoms with Crippen LogP contribution in [0.5, 0.6) is 0 Å². The monoisotopic (exact) mass is 292 g/mol. The van der Waals surface area contributed by atoms with Crippen LogP contribution in [0, 0.1) is 13.8 Å². The van der Waals surface area contributed by atoms with Gasteiger partial charge in [0.25, 0.3) is 0 Å². The van der Waals surface area contributed by atoms with E-state index in [9.17, 15) is 4.79 Å². The summed E-state index contributed by atoms with van der Waals surface area (Å²) in [6.07, 6.45) is 3.63. The minimum atomic E-state index is 0.257. The average molecular weight is 292 g/mol. The highest BCUT2D eigenvalue weighted by Gasteiger charge is 2.19. The molecule has 0 radical (unpaired) electrons. The first kappa shape index (κ1) is 18.0. The molecule has 21 heavy (non-hydrogen) atoms. The summed E-state index contributed by atoms with van der Waals surface area (Å²) in [4.78, 5) is 14.9. The summed E-state index contributed by atoms with van der Waals surface area (Å²) >= 11 is 0. The van der Waals surface area contributed by atoms with Crippen LogP contribution in [0.15, 0.2) is 6.07 Å². The van der Waals surface area contributed by atoms with E-state index in [0.29, 0.717) is 12.6 Å². The van der Waals surface area contributed by atoms with Crippen molar-refractivity contribution in [3.8, 4) is 0 Å². The Morgan fingerprint density at radius 3 is 2.38 bits per heavy atom. The zero-order valence-electron chi connectivity index (χ0n) is 14.7. The molecule has 0 aliphatic carbocycles. The molecular formula is C18H32N2O. The van der Waals surface area contributed by atoms with Crippen LogP contribution in [0.3, 0.4) is 0 Å². The lowest BCUT2D eigenvalue weighted by Crippen LogP contribution is -2.36. The Hall–Kier alpha value is -1.09. The third kappa shape index (κ3) is 4.70. The molecule has 0 spiro atoms. The molecule has 0 saturated carbocycles. The first-order valence-corrected chi connectivity index (χ1v) is 8.36. The standard InChI is InChI=1S/C18H32N2O/c1-7-9-10-11-19(14(3)4)13-18(21)17-12-15(5)20(8-2)16(17)6/h12,14H,7-11,13H2,1-6H3. The van der Waals surface area contributed by atoms with Gasteiger partial charge in [-0.25, -0.2) is 0 Å². The van der Waals surface area contributed by atoms with Gasteiger partial charge in [0, 0.05) is 29.5 Å². The average Bonchev–Trinajstić information content (AvgIpc) is 2.72. The van der Waals surface area contributed by atoms with E-state index in [1.165, 1.54) is 25.0 Å². The molecule has 0 bridgehead atoms. The van der Waals surface area contributed by atoms with Crippen molar-refractivity contribution in [1.82, 2.24) is 9.47 Å². The van der Waals surface area contributed by atoms with Crippen molar-refractivity contribution in [2.24, 2.45) is 0 Å². The van der Waals surface area contributed by atoms with Crippen molar-refractivity contribution in [2.75, 3.05) is 13.1 Å². The Bertz CT molecular complexity index is 460. The Kier molecular flexibility index (Phi) is 7.16. The van der Waals surface area contributed by atoms with Gasteiger partial charge in [0.2, 0.25) is 0 Å². The van der Waals surface area contributed by atoms with Gasteiger partial charge >= 0.3 is 0 Å². The lowest BCUT2D eigenvalue weighted by atomic mass is 10.1. The highest BCUT2D eigenvalue weighted by Crippen LogP contribution is 2.16. The Labute approximate surface area is 130 Å². The van der Waals surface area contributed by atoms with Crippen LogP contribution in [0.1, 0.15) is 68.7 Å². The van der Waals surface area contributed by atoms with Crippen molar-refractivity contribution in [3.63, 3.8) is 0 Å². The highest BCUT2D eigenvalue weighted by molar-refractivity contribution is 5.99. The fourth-order valence-electron chi connectivity index (χ4n) is 2.92. The fourth-order valence-corrected chi connectivity index (χ4v) is 2.92. The summed E-state index contributed by atoms with van der Waals surface area (Å²) in [5.74, 6) is 0.257. The van der Waals surface area contributed by atoms with Gasteiger partial charge in [-0.15, -0.1) is 0 Å². The Morgan fingerprint density at radius 2 is 1.90 bits per heavy atom. The van der Waals surface area contributed by atoms with Crippen molar-refractivity contribution >= 4 is 5.78 Å². The molecule has 0 N–H and O–H groups in total. The number of hydrogen-bond donors (Lipinski definition) is 0. The maximum absolute atomic E-state index is 12.6. The first-order chi connectivity index (χ1) is 9.92. The largest absolute Gasteiger partial charge is 0.349 e. The van der Waals surface area contributed by atoms with Crippen LogP contribution in [0.4, 0.5) is 0 Å². The number of aromatic nitrogens is 1. The SMILES string of the molecule is CCCCCN(CC(=O)c1cc(C)n(CC)c1C)C(C)C. The topological polar surface area (TPSA) is 25.2 Å². The third-order valence-electron chi connectivity index (χ3n) is 4.32. The molecule has 0 atom stereocenters. The second kappa shape index (κ2) is 8.38. The predicted molar refractivity (Wildman–Crippen MR) is 90.1 cm³/mol. The van der Waals surface area contributed by atoms with Crippen molar-refractivity contribution in [1.29, 1.82) is 0 Å². The quantitative estimate of drug-likeness (QED) is 0.503. The maximum atomic E-state index is 12.6. The van der Waals surface area contributed by atoms with E-state index in [0.717, 1.165) is 24.3 Å². The number of hydrogen-bond acceptors (Lipinski definition) is 2. The maximum Gasteiger partial charge on any atom is 0.178 e. The normalized spacial score (nSPS) is 11.6.